The van der Waals surface area contributed by atoms with Crippen molar-refractivity contribution in [2.24, 2.45) is 0 Å². The molecule has 1 N–H and O–H groups in total. The van der Waals surface area contributed by atoms with Gasteiger partial charge >= 0.3 is 0 Å². The third kappa shape index (κ3) is 2.83. The fraction of sp³-hybridized carbons (Fsp3) is 0.400. The molecule has 0 radical (unpaired) electrons. The van der Waals surface area contributed by atoms with Crippen molar-refractivity contribution in [1.29, 1.82) is 5.26 Å². The Kier molecular flexibility index (Phi) is 4.14. The highest BCUT2D eigenvalue weighted by atomic mass is 32.1. The minimum atomic E-state index is -0.282. The molecule has 0 aromatic carbocycles. The van der Waals surface area contributed by atoms with Crippen LogP contribution in [0.2, 0.25) is 0 Å². The lowest BCUT2D eigenvalue weighted by Crippen LogP contribution is -2.14. The van der Waals surface area contributed by atoms with E-state index in [1.807, 2.05) is 39.3 Å². The highest BCUT2D eigenvalue weighted by molar-refractivity contribution is 7.16. The quantitative estimate of drug-likeness (QED) is 0.942. The summed E-state index contributed by atoms with van der Waals surface area (Å²) in [6, 6.07) is 4.11. The van der Waals surface area contributed by atoms with Crippen molar-refractivity contribution in [3.8, 4) is 6.07 Å². The summed E-state index contributed by atoms with van der Waals surface area (Å²) < 4.78 is 1.81. The van der Waals surface area contributed by atoms with E-state index in [4.69, 9.17) is 0 Å². The number of anilines is 1. The first-order valence-corrected chi connectivity index (χ1v) is 7.54. The number of thiophene rings is 1. The number of nitrogens with zero attached hydrogens (tertiary/aromatic N) is 3. The van der Waals surface area contributed by atoms with Gasteiger partial charge < -0.3 is 5.32 Å². The Morgan fingerprint density at radius 1 is 1.43 bits per heavy atom. The normalized spacial score (nSPS) is 10.7. The molecule has 0 fully saturated rings. The zero-order valence-corrected chi connectivity index (χ0v) is 13.6. The largest absolute Gasteiger partial charge is 0.311 e. The maximum Gasteiger partial charge on any atom is 0.276 e. The second-order valence-corrected chi connectivity index (χ2v) is 6.49. The van der Waals surface area contributed by atoms with E-state index in [1.165, 1.54) is 11.3 Å². The van der Waals surface area contributed by atoms with Gasteiger partial charge in [0.1, 0.15) is 11.1 Å². The molecule has 110 valence electrons. The van der Waals surface area contributed by atoms with E-state index in [0.29, 0.717) is 16.3 Å². The Balaban J connectivity index is 2.29. The number of hydrogen-bond donors (Lipinski definition) is 1. The van der Waals surface area contributed by atoms with Gasteiger partial charge in [0.15, 0.2) is 5.69 Å². The van der Waals surface area contributed by atoms with Gasteiger partial charge in [-0.25, -0.2) is 0 Å². The molecule has 0 bridgehead atoms. The van der Waals surface area contributed by atoms with Gasteiger partial charge in [-0.2, -0.15) is 10.4 Å². The highest BCUT2D eigenvalue weighted by Crippen LogP contribution is 2.31. The first-order valence-electron chi connectivity index (χ1n) is 6.72. The fourth-order valence-corrected chi connectivity index (χ4v) is 3.14. The van der Waals surface area contributed by atoms with Crippen molar-refractivity contribution >= 4 is 22.2 Å². The van der Waals surface area contributed by atoms with Crippen molar-refractivity contribution in [1.82, 2.24) is 9.78 Å². The Hall–Kier alpha value is -2.13. The van der Waals surface area contributed by atoms with Crippen molar-refractivity contribution < 1.29 is 4.79 Å². The lowest BCUT2D eigenvalue weighted by molar-refractivity contribution is 0.102. The van der Waals surface area contributed by atoms with Crippen LogP contribution in [0.1, 0.15) is 52.1 Å². The van der Waals surface area contributed by atoms with E-state index >= 15 is 0 Å². The molecule has 0 aliphatic heterocycles. The summed E-state index contributed by atoms with van der Waals surface area (Å²) in [7, 11) is 0. The van der Waals surface area contributed by atoms with Gasteiger partial charge in [-0.15, -0.1) is 11.3 Å². The summed E-state index contributed by atoms with van der Waals surface area (Å²) in [6.45, 7) is 9.78. The van der Waals surface area contributed by atoms with Gasteiger partial charge in [-0.3, -0.25) is 9.48 Å². The first kappa shape index (κ1) is 15.3. The SMILES string of the molecule is Cc1sc(NC(=O)c2cc(C)n(C(C)C)n2)c(C#N)c1C. The third-order valence-corrected chi connectivity index (χ3v) is 4.49. The number of nitriles is 1. The number of carbonyl (C=O) groups is 1. The van der Waals surface area contributed by atoms with Gasteiger partial charge in [-0.1, -0.05) is 0 Å². The number of aromatic nitrogens is 2. The van der Waals surface area contributed by atoms with E-state index < -0.39 is 0 Å². The molecule has 5 nitrogen and oxygen atoms in total. The van der Waals surface area contributed by atoms with Crippen LogP contribution in [0.4, 0.5) is 5.00 Å². The molecule has 1 amide bonds. The Labute approximate surface area is 128 Å². The lowest BCUT2D eigenvalue weighted by Gasteiger charge is -2.07. The molecule has 0 saturated carbocycles. The summed E-state index contributed by atoms with van der Waals surface area (Å²) in [5.41, 5.74) is 2.76. The van der Waals surface area contributed by atoms with E-state index in [0.717, 1.165) is 16.1 Å². The van der Waals surface area contributed by atoms with E-state index in [2.05, 4.69) is 16.5 Å². The summed E-state index contributed by atoms with van der Waals surface area (Å²) in [4.78, 5) is 13.3. The fourth-order valence-electron chi connectivity index (χ4n) is 2.14. The van der Waals surface area contributed by atoms with E-state index in [9.17, 15) is 10.1 Å². The number of rotatable bonds is 3. The van der Waals surface area contributed by atoms with Crippen LogP contribution in [0.3, 0.4) is 0 Å². The van der Waals surface area contributed by atoms with Crippen LogP contribution >= 0.6 is 11.3 Å². The molecule has 2 rings (SSSR count). The molecule has 2 aromatic heterocycles. The predicted molar refractivity (Wildman–Crippen MR) is 83.8 cm³/mol. The predicted octanol–water partition coefficient (Wildman–Crippen LogP) is 3.57. The zero-order valence-electron chi connectivity index (χ0n) is 12.8. The zero-order chi connectivity index (χ0) is 15.7. The van der Waals surface area contributed by atoms with Crippen molar-refractivity contribution in [2.75, 3.05) is 5.32 Å². The highest BCUT2D eigenvalue weighted by Gasteiger charge is 2.18. The summed E-state index contributed by atoms with van der Waals surface area (Å²) >= 11 is 1.42. The first-order chi connectivity index (χ1) is 9.85. The second kappa shape index (κ2) is 5.70. The van der Waals surface area contributed by atoms with Gasteiger partial charge in [-0.05, 0) is 46.2 Å². The minimum absolute atomic E-state index is 0.201. The Bertz CT molecular complexity index is 734. The van der Waals surface area contributed by atoms with Gasteiger partial charge in [0.25, 0.3) is 5.91 Å². The molecule has 6 heteroatoms. The minimum Gasteiger partial charge on any atom is -0.311 e. The van der Waals surface area contributed by atoms with Crippen LogP contribution in [0.25, 0.3) is 0 Å². The lowest BCUT2D eigenvalue weighted by atomic mass is 10.2. The smallest absolute Gasteiger partial charge is 0.276 e. The molecular formula is C15H18N4OS. The van der Waals surface area contributed by atoms with Crippen LogP contribution in [-0.4, -0.2) is 15.7 Å². The van der Waals surface area contributed by atoms with Gasteiger partial charge in [0, 0.05) is 16.6 Å². The molecule has 0 saturated heterocycles. The Morgan fingerprint density at radius 2 is 2.10 bits per heavy atom. The molecule has 0 aliphatic carbocycles. The molecule has 21 heavy (non-hydrogen) atoms. The average molecular weight is 302 g/mol. The maximum absolute atomic E-state index is 12.3. The Morgan fingerprint density at radius 3 is 2.62 bits per heavy atom. The standard InChI is InChI=1S/C15H18N4OS/c1-8(2)19-9(3)6-13(18-19)14(20)17-15-12(7-16)10(4)11(5)21-15/h6,8H,1-5H3,(H,17,20). The van der Waals surface area contributed by atoms with Crippen molar-refractivity contribution in [2.45, 2.75) is 40.7 Å². The number of amides is 1. The number of aryl methyl sites for hydroxylation is 2. The topological polar surface area (TPSA) is 70.7 Å². The van der Waals surface area contributed by atoms with E-state index in [1.54, 1.807) is 6.07 Å². The van der Waals surface area contributed by atoms with Crippen LogP contribution < -0.4 is 5.32 Å². The molecule has 0 aliphatic rings. The second-order valence-electron chi connectivity index (χ2n) is 5.26. The average Bonchev–Trinajstić information content (AvgIpc) is 2.92. The van der Waals surface area contributed by atoms with Crippen molar-refractivity contribution in [3.63, 3.8) is 0 Å². The maximum atomic E-state index is 12.3. The summed E-state index contributed by atoms with van der Waals surface area (Å²) in [6.07, 6.45) is 0. The number of hydrogen-bond acceptors (Lipinski definition) is 4. The number of nitrogens with one attached hydrogen (secondary N) is 1. The van der Waals surface area contributed by atoms with Gasteiger partial charge in [0.05, 0.1) is 5.56 Å². The molecule has 0 atom stereocenters. The monoisotopic (exact) mass is 302 g/mol. The van der Waals surface area contributed by atoms with Crippen molar-refractivity contribution in [3.05, 3.63) is 33.5 Å². The van der Waals surface area contributed by atoms with Crippen LogP contribution in [-0.2, 0) is 0 Å². The molecule has 2 aromatic rings. The van der Waals surface area contributed by atoms with Crippen LogP contribution in [0.5, 0.6) is 0 Å². The molecular weight excluding hydrogens is 284 g/mol. The summed E-state index contributed by atoms with van der Waals surface area (Å²) in [5.74, 6) is -0.282. The molecule has 0 unspecified atom stereocenters. The summed E-state index contributed by atoms with van der Waals surface area (Å²) in [5, 5.41) is 16.9. The number of carbonyl (C=O) groups excluding carboxylic acids is 1. The van der Waals surface area contributed by atoms with Gasteiger partial charge in [0.2, 0.25) is 0 Å². The van der Waals surface area contributed by atoms with E-state index in [-0.39, 0.29) is 11.9 Å². The van der Waals surface area contributed by atoms with Crippen LogP contribution in [0.15, 0.2) is 6.07 Å². The third-order valence-electron chi connectivity index (χ3n) is 3.37. The molecule has 0 spiro atoms. The van der Waals surface area contributed by atoms with Crippen LogP contribution in [0, 0.1) is 32.1 Å². The molecule has 2 heterocycles.